The third kappa shape index (κ3) is 2.56. The molecule has 1 aromatic rings. The SMILES string of the molecule is CC(C)c1ccc(S(C)(=O)=O)cc1.[HH].[HH].[HH].[HH].[HH]. The Kier molecular flexibility index (Phi) is 2.76. The van der Waals surface area contributed by atoms with Crippen molar-refractivity contribution in [2.45, 2.75) is 24.7 Å². The van der Waals surface area contributed by atoms with Crippen molar-refractivity contribution < 1.29 is 15.6 Å². The zero-order chi connectivity index (χ0) is 10.1. The van der Waals surface area contributed by atoms with Crippen LogP contribution < -0.4 is 0 Å². The Labute approximate surface area is 86.9 Å². The van der Waals surface area contributed by atoms with Crippen LogP contribution in [-0.2, 0) is 9.84 Å². The van der Waals surface area contributed by atoms with E-state index in [-0.39, 0.29) is 7.13 Å². The Hall–Kier alpha value is -0.830. The molecule has 1 aromatic carbocycles. The van der Waals surface area contributed by atoms with E-state index in [1.165, 1.54) is 6.26 Å². The molecule has 1 rings (SSSR count). The molecule has 0 spiro atoms. The standard InChI is InChI=1S/C10H14O2S.5H2/c1-8(2)9-4-6-10(7-5-9)13(3,11)12;;;;;/h4-8H,1-3H3;5*1H. The predicted molar refractivity (Wildman–Crippen MR) is 64.2 cm³/mol. The van der Waals surface area contributed by atoms with Crippen molar-refractivity contribution in [1.29, 1.82) is 0 Å². The predicted octanol–water partition coefficient (Wildman–Crippen LogP) is 3.44. The van der Waals surface area contributed by atoms with Crippen LogP contribution in [0.3, 0.4) is 0 Å². The number of hydrogen-bond acceptors (Lipinski definition) is 2. The van der Waals surface area contributed by atoms with Gasteiger partial charge < -0.3 is 0 Å². The molecule has 0 amide bonds. The molecular formula is C10H24O2S. The maximum absolute atomic E-state index is 11.1. The molecule has 0 bridgehead atoms. The van der Waals surface area contributed by atoms with E-state index in [0.29, 0.717) is 10.8 Å². The smallest absolute Gasteiger partial charge is 0.175 e. The topological polar surface area (TPSA) is 34.1 Å². The average molecular weight is 208 g/mol. The fraction of sp³-hybridized carbons (Fsp3) is 0.400. The summed E-state index contributed by atoms with van der Waals surface area (Å²) in [6.45, 7) is 4.16. The normalized spacial score (nSPS) is 12.0. The van der Waals surface area contributed by atoms with Gasteiger partial charge in [-0.2, -0.15) is 0 Å². The number of benzene rings is 1. The van der Waals surface area contributed by atoms with E-state index in [2.05, 4.69) is 13.8 Å². The monoisotopic (exact) mass is 208 g/mol. The van der Waals surface area contributed by atoms with Gasteiger partial charge in [0.2, 0.25) is 0 Å². The van der Waals surface area contributed by atoms with E-state index in [1.807, 2.05) is 12.1 Å². The molecule has 0 atom stereocenters. The average Bonchev–Trinajstić information content (AvgIpc) is 2.03. The second kappa shape index (κ2) is 3.50. The minimum Gasteiger partial charge on any atom is -0.224 e. The molecule has 0 aliphatic rings. The Bertz CT molecular complexity index is 389. The van der Waals surface area contributed by atoms with Crippen LogP contribution in [0.25, 0.3) is 0 Å². The molecule has 82 valence electrons. The quantitative estimate of drug-likeness (QED) is 0.746. The minimum atomic E-state index is -3.05. The highest BCUT2D eigenvalue weighted by atomic mass is 32.2. The molecule has 0 fully saturated rings. The van der Waals surface area contributed by atoms with Crippen LogP contribution in [0.5, 0.6) is 0 Å². The van der Waals surface area contributed by atoms with Crippen LogP contribution in [0.15, 0.2) is 29.2 Å². The summed E-state index contributed by atoms with van der Waals surface area (Å²) in [5.41, 5.74) is 1.16. The van der Waals surface area contributed by atoms with Gasteiger partial charge in [-0.25, -0.2) is 8.42 Å². The highest BCUT2D eigenvalue weighted by Gasteiger charge is 2.06. The molecule has 0 heterocycles. The summed E-state index contributed by atoms with van der Waals surface area (Å²) in [6, 6.07) is 7.04. The van der Waals surface area contributed by atoms with Gasteiger partial charge >= 0.3 is 0 Å². The summed E-state index contributed by atoms with van der Waals surface area (Å²) < 4.78 is 22.2. The molecule has 0 N–H and O–H groups in total. The zero-order valence-electron chi connectivity index (χ0n) is 8.11. The highest BCUT2D eigenvalue weighted by Crippen LogP contribution is 2.16. The van der Waals surface area contributed by atoms with Gasteiger partial charge in [0.1, 0.15) is 0 Å². The molecule has 0 aliphatic carbocycles. The van der Waals surface area contributed by atoms with Crippen molar-refractivity contribution in [3.8, 4) is 0 Å². The lowest BCUT2D eigenvalue weighted by Crippen LogP contribution is -1.97. The lowest BCUT2D eigenvalue weighted by molar-refractivity contribution is 0.602. The Morgan fingerprint density at radius 2 is 1.62 bits per heavy atom. The van der Waals surface area contributed by atoms with E-state index in [0.717, 1.165) is 5.56 Å². The van der Waals surface area contributed by atoms with Gasteiger partial charge in [-0.15, -0.1) is 0 Å². The third-order valence-corrected chi connectivity index (χ3v) is 3.10. The maximum Gasteiger partial charge on any atom is 0.175 e. The van der Waals surface area contributed by atoms with Gasteiger partial charge in [0.05, 0.1) is 4.90 Å². The van der Waals surface area contributed by atoms with Crippen LogP contribution in [0, 0.1) is 0 Å². The van der Waals surface area contributed by atoms with Crippen LogP contribution >= 0.6 is 0 Å². The number of rotatable bonds is 2. The first-order valence-corrected chi connectivity index (χ1v) is 6.10. The minimum absolute atomic E-state index is 0. The Morgan fingerprint density at radius 3 is 1.92 bits per heavy atom. The first kappa shape index (κ1) is 10.3. The largest absolute Gasteiger partial charge is 0.224 e. The van der Waals surface area contributed by atoms with Gasteiger partial charge in [-0.3, -0.25) is 0 Å². The van der Waals surface area contributed by atoms with Gasteiger partial charge in [0.25, 0.3) is 0 Å². The van der Waals surface area contributed by atoms with Crippen molar-refractivity contribution >= 4 is 9.84 Å². The van der Waals surface area contributed by atoms with Gasteiger partial charge in [-0.1, -0.05) is 26.0 Å². The van der Waals surface area contributed by atoms with Crippen LogP contribution in [0.4, 0.5) is 0 Å². The molecule has 2 nitrogen and oxygen atoms in total. The summed E-state index contributed by atoms with van der Waals surface area (Å²) in [4.78, 5) is 0.386. The molecule has 0 radical (unpaired) electrons. The first-order chi connectivity index (χ1) is 5.91. The van der Waals surface area contributed by atoms with E-state index in [4.69, 9.17) is 0 Å². The molecule has 3 heteroatoms. The maximum atomic E-state index is 11.1. The second-order valence-corrected chi connectivity index (χ2v) is 5.51. The van der Waals surface area contributed by atoms with Crippen LogP contribution in [0.2, 0.25) is 0 Å². The summed E-state index contributed by atoms with van der Waals surface area (Å²) in [5, 5.41) is 0. The third-order valence-electron chi connectivity index (χ3n) is 1.97. The number of hydrogen-bond donors (Lipinski definition) is 0. The number of sulfone groups is 1. The van der Waals surface area contributed by atoms with Gasteiger partial charge in [0, 0.05) is 13.4 Å². The first-order valence-electron chi connectivity index (χ1n) is 4.21. The van der Waals surface area contributed by atoms with Crippen molar-refractivity contribution in [1.82, 2.24) is 0 Å². The zero-order valence-corrected chi connectivity index (χ0v) is 8.93. The highest BCUT2D eigenvalue weighted by molar-refractivity contribution is 7.90. The molecule has 0 aliphatic heterocycles. The van der Waals surface area contributed by atoms with E-state index < -0.39 is 9.84 Å². The van der Waals surface area contributed by atoms with Gasteiger partial charge in [0.15, 0.2) is 9.84 Å². The fourth-order valence-corrected chi connectivity index (χ4v) is 1.73. The van der Waals surface area contributed by atoms with E-state index >= 15 is 0 Å². The fourth-order valence-electron chi connectivity index (χ4n) is 1.10. The molecule has 0 unspecified atom stereocenters. The van der Waals surface area contributed by atoms with E-state index in [9.17, 15) is 8.42 Å². The van der Waals surface area contributed by atoms with Crippen molar-refractivity contribution in [3.63, 3.8) is 0 Å². The van der Waals surface area contributed by atoms with Crippen LogP contribution in [-0.4, -0.2) is 14.7 Å². The molecule has 13 heavy (non-hydrogen) atoms. The Morgan fingerprint density at radius 1 is 1.15 bits per heavy atom. The van der Waals surface area contributed by atoms with Crippen molar-refractivity contribution in [2.24, 2.45) is 0 Å². The Balaban J connectivity index is -0.000000113. The molecule has 0 aromatic heterocycles. The molecule has 0 saturated carbocycles. The molecular weight excluding hydrogens is 184 g/mol. The summed E-state index contributed by atoms with van der Waals surface area (Å²) in [5.74, 6) is 0.439. The lowest BCUT2D eigenvalue weighted by Gasteiger charge is -2.05. The summed E-state index contributed by atoms with van der Waals surface area (Å²) in [7, 11) is -3.05. The lowest BCUT2D eigenvalue weighted by atomic mass is 10.0. The summed E-state index contributed by atoms with van der Waals surface area (Å²) in [6.07, 6.45) is 1.22. The second-order valence-electron chi connectivity index (χ2n) is 3.50. The summed E-state index contributed by atoms with van der Waals surface area (Å²) >= 11 is 0. The van der Waals surface area contributed by atoms with Crippen molar-refractivity contribution in [3.05, 3.63) is 29.8 Å². The van der Waals surface area contributed by atoms with Crippen LogP contribution in [0.1, 0.15) is 32.5 Å². The van der Waals surface area contributed by atoms with Crippen molar-refractivity contribution in [2.75, 3.05) is 6.26 Å². The van der Waals surface area contributed by atoms with E-state index in [1.54, 1.807) is 12.1 Å². The molecule has 0 saturated heterocycles. The van der Waals surface area contributed by atoms with Gasteiger partial charge in [-0.05, 0) is 23.6 Å².